The SMILES string of the molecule is Cc1ccc(C(=O)NNC(=O)CC(C)(C)C)cc1. The Kier molecular flexibility index (Phi) is 4.48. The minimum Gasteiger partial charge on any atom is -0.273 e. The van der Waals surface area contributed by atoms with Gasteiger partial charge in [-0.25, -0.2) is 0 Å². The van der Waals surface area contributed by atoms with Crippen molar-refractivity contribution in [1.82, 2.24) is 10.9 Å². The van der Waals surface area contributed by atoms with Gasteiger partial charge in [0.25, 0.3) is 5.91 Å². The highest BCUT2D eigenvalue weighted by atomic mass is 16.2. The fourth-order valence-electron chi connectivity index (χ4n) is 1.43. The summed E-state index contributed by atoms with van der Waals surface area (Å²) in [6, 6.07) is 7.15. The van der Waals surface area contributed by atoms with Crippen LogP contribution in [0.15, 0.2) is 24.3 Å². The fourth-order valence-corrected chi connectivity index (χ4v) is 1.43. The number of hydrogen-bond donors (Lipinski definition) is 2. The third-order valence-electron chi connectivity index (χ3n) is 2.32. The van der Waals surface area contributed by atoms with Gasteiger partial charge in [-0.3, -0.25) is 20.4 Å². The van der Waals surface area contributed by atoms with Crippen LogP contribution in [0.5, 0.6) is 0 Å². The van der Waals surface area contributed by atoms with Crippen molar-refractivity contribution >= 4 is 11.8 Å². The van der Waals surface area contributed by atoms with Gasteiger partial charge < -0.3 is 0 Å². The molecule has 0 aliphatic heterocycles. The van der Waals surface area contributed by atoms with Gasteiger partial charge in [-0.2, -0.15) is 0 Å². The second kappa shape index (κ2) is 5.67. The van der Waals surface area contributed by atoms with Crippen LogP contribution < -0.4 is 10.9 Å². The van der Waals surface area contributed by atoms with E-state index in [2.05, 4.69) is 10.9 Å². The zero-order valence-corrected chi connectivity index (χ0v) is 11.3. The molecule has 0 aromatic heterocycles. The molecule has 0 atom stereocenters. The molecular formula is C14H20N2O2. The smallest absolute Gasteiger partial charge is 0.269 e. The Labute approximate surface area is 108 Å². The number of hydrazine groups is 1. The first-order valence-electron chi connectivity index (χ1n) is 5.94. The summed E-state index contributed by atoms with van der Waals surface area (Å²) in [7, 11) is 0. The predicted molar refractivity (Wildman–Crippen MR) is 70.9 cm³/mol. The summed E-state index contributed by atoms with van der Waals surface area (Å²) in [5.41, 5.74) is 6.33. The number of carbonyl (C=O) groups is 2. The van der Waals surface area contributed by atoms with Gasteiger partial charge >= 0.3 is 0 Å². The molecule has 0 heterocycles. The van der Waals surface area contributed by atoms with Gasteiger partial charge in [0.05, 0.1) is 0 Å². The Balaban J connectivity index is 2.47. The van der Waals surface area contributed by atoms with E-state index in [9.17, 15) is 9.59 Å². The summed E-state index contributed by atoms with van der Waals surface area (Å²) in [5.74, 6) is -0.500. The lowest BCUT2D eigenvalue weighted by Crippen LogP contribution is -2.42. The third-order valence-corrected chi connectivity index (χ3v) is 2.32. The quantitative estimate of drug-likeness (QED) is 0.788. The molecule has 18 heavy (non-hydrogen) atoms. The van der Waals surface area contributed by atoms with E-state index >= 15 is 0 Å². The molecule has 0 aliphatic rings. The lowest BCUT2D eigenvalue weighted by molar-refractivity contribution is -0.123. The monoisotopic (exact) mass is 248 g/mol. The van der Waals surface area contributed by atoms with E-state index in [-0.39, 0.29) is 17.2 Å². The summed E-state index contributed by atoms with van der Waals surface area (Å²) >= 11 is 0. The summed E-state index contributed by atoms with van der Waals surface area (Å²) < 4.78 is 0. The molecule has 4 nitrogen and oxygen atoms in total. The molecule has 0 unspecified atom stereocenters. The second-order valence-electron chi connectivity index (χ2n) is 5.61. The van der Waals surface area contributed by atoms with Gasteiger partial charge in [0, 0.05) is 12.0 Å². The van der Waals surface area contributed by atoms with Crippen molar-refractivity contribution in [1.29, 1.82) is 0 Å². The summed E-state index contributed by atoms with van der Waals surface area (Å²) in [4.78, 5) is 23.2. The van der Waals surface area contributed by atoms with Crippen LogP contribution >= 0.6 is 0 Å². The van der Waals surface area contributed by atoms with E-state index in [0.29, 0.717) is 12.0 Å². The van der Waals surface area contributed by atoms with Crippen molar-refractivity contribution in [3.63, 3.8) is 0 Å². The number of rotatable bonds is 2. The van der Waals surface area contributed by atoms with Crippen molar-refractivity contribution in [2.75, 3.05) is 0 Å². The van der Waals surface area contributed by atoms with Crippen LogP contribution in [0.25, 0.3) is 0 Å². The van der Waals surface area contributed by atoms with E-state index < -0.39 is 0 Å². The van der Waals surface area contributed by atoms with Crippen molar-refractivity contribution in [2.45, 2.75) is 34.1 Å². The first-order chi connectivity index (χ1) is 8.28. The zero-order chi connectivity index (χ0) is 13.8. The van der Waals surface area contributed by atoms with E-state index in [1.807, 2.05) is 39.8 Å². The van der Waals surface area contributed by atoms with Crippen LogP contribution in [0.1, 0.15) is 43.1 Å². The molecular weight excluding hydrogens is 228 g/mol. The third kappa shape index (κ3) is 4.99. The average molecular weight is 248 g/mol. The Morgan fingerprint density at radius 3 is 2.11 bits per heavy atom. The van der Waals surface area contributed by atoms with Crippen molar-refractivity contribution < 1.29 is 9.59 Å². The topological polar surface area (TPSA) is 58.2 Å². The van der Waals surface area contributed by atoms with Gasteiger partial charge in [0.15, 0.2) is 0 Å². The van der Waals surface area contributed by atoms with Crippen molar-refractivity contribution in [2.24, 2.45) is 5.41 Å². The van der Waals surface area contributed by atoms with Crippen LogP contribution in [-0.2, 0) is 4.79 Å². The first-order valence-corrected chi connectivity index (χ1v) is 5.94. The molecule has 98 valence electrons. The predicted octanol–water partition coefficient (Wildman–Crippen LogP) is 2.19. The number of aryl methyl sites for hydroxylation is 1. The Bertz CT molecular complexity index is 430. The fraction of sp³-hybridized carbons (Fsp3) is 0.429. The maximum absolute atomic E-state index is 11.7. The van der Waals surface area contributed by atoms with Crippen LogP contribution in [0.4, 0.5) is 0 Å². The first kappa shape index (κ1) is 14.2. The van der Waals surface area contributed by atoms with E-state index in [0.717, 1.165) is 5.56 Å². The molecule has 1 aromatic rings. The van der Waals surface area contributed by atoms with Crippen LogP contribution in [0.2, 0.25) is 0 Å². The molecule has 0 bridgehead atoms. The molecule has 1 aromatic carbocycles. The number of benzene rings is 1. The number of nitrogens with one attached hydrogen (secondary N) is 2. The molecule has 0 saturated heterocycles. The molecule has 0 radical (unpaired) electrons. The average Bonchev–Trinajstić information content (AvgIpc) is 2.24. The van der Waals surface area contributed by atoms with Crippen molar-refractivity contribution in [3.8, 4) is 0 Å². The minimum atomic E-state index is -0.308. The molecule has 0 spiro atoms. The Morgan fingerprint density at radius 1 is 1.06 bits per heavy atom. The molecule has 1 rings (SSSR count). The maximum Gasteiger partial charge on any atom is 0.269 e. The largest absolute Gasteiger partial charge is 0.273 e. The summed E-state index contributed by atoms with van der Waals surface area (Å²) in [6.07, 6.45) is 0.362. The highest BCUT2D eigenvalue weighted by molar-refractivity contribution is 5.95. The van der Waals surface area contributed by atoms with Crippen LogP contribution in [0.3, 0.4) is 0 Å². The molecule has 0 aliphatic carbocycles. The molecule has 2 amide bonds. The lowest BCUT2D eigenvalue weighted by atomic mass is 9.92. The molecule has 0 saturated carbocycles. The van der Waals surface area contributed by atoms with Crippen LogP contribution in [0, 0.1) is 12.3 Å². The number of hydrogen-bond acceptors (Lipinski definition) is 2. The second-order valence-corrected chi connectivity index (χ2v) is 5.61. The van der Waals surface area contributed by atoms with E-state index in [1.165, 1.54) is 0 Å². The van der Waals surface area contributed by atoms with Gasteiger partial charge in [0.1, 0.15) is 0 Å². The summed E-state index contributed by atoms with van der Waals surface area (Å²) in [5, 5.41) is 0. The lowest BCUT2D eigenvalue weighted by Gasteiger charge is -2.17. The Morgan fingerprint density at radius 2 is 1.61 bits per heavy atom. The molecule has 4 heteroatoms. The van der Waals surface area contributed by atoms with Gasteiger partial charge in [-0.1, -0.05) is 38.5 Å². The molecule has 2 N–H and O–H groups in total. The minimum absolute atomic E-state index is 0.0985. The normalized spacial score (nSPS) is 10.9. The van der Waals surface area contributed by atoms with E-state index in [1.54, 1.807) is 12.1 Å². The van der Waals surface area contributed by atoms with E-state index in [4.69, 9.17) is 0 Å². The standard InChI is InChI=1S/C14H20N2O2/c1-10-5-7-11(8-6-10)13(18)16-15-12(17)9-14(2,3)4/h5-8H,9H2,1-4H3,(H,15,17)(H,16,18). The van der Waals surface area contributed by atoms with Crippen LogP contribution in [-0.4, -0.2) is 11.8 Å². The number of carbonyl (C=O) groups excluding carboxylic acids is 2. The highest BCUT2D eigenvalue weighted by Crippen LogP contribution is 2.17. The summed E-state index contributed by atoms with van der Waals surface area (Å²) in [6.45, 7) is 7.85. The Hall–Kier alpha value is -1.84. The zero-order valence-electron chi connectivity index (χ0n) is 11.3. The van der Waals surface area contributed by atoms with Gasteiger partial charge in [-0.05, 0) is 24.5 Å². The number of amides is 2. The van der Waals surface area contributed by atoms with Gasteiger partial charge in [0.2, 0.25) is 5.91 Å². The van der Waals surface area contributed by atoms with Crippen molar-refractivity contribution in [3.05, 3.63) is 35.4 Å². The molecule has 0 fully saturated rings. The highest BCUT2D eigenvalue weighted by Gasteiger charge is 2.16. The maximum atomic E-state index is 11.7. The van der Waals surface area contributed by atoms with Gasteiger partial charge in [-0.15, -0.1) is 0 Å².